The van der Waals surface area contributed by atoms with Crippen LogP contribution in [0, 0.1) is 0 Å². The van der Waals surface area contributed by atoms with E-state index in [2.05, 4.69) is 9.97 Å². The standard InChI is InChI=1S/C13H12ClN3O2S2/c1-21(18,19)11-4-2-3-10-13(11)16-12(5-14)17(10)6-9-7-20-8-15-9/h2-4,7-8H,5-6H2,1H3. The van der Waals surface area contributed by atoms with Crippen molar-refractivity contribution in [2.45, 2.75) is 17.3 Å². The van der Waals surface area contributed by atoms with Gasteiger partial charge in [-0.05, 0) is 12.1 Å². The summed E-state index contributed by atoms with van der Waals surface area (Å²) in [6.07, 6.45) is 1.18. The third kappa shape index (κ3) is 2.68. The molecule has 0 atom stereocenters. The van der Waals surface area contributed by atoms with Crippen molar-refractivity contribution in [3.63, 3.8) is 0 Å². The highest BCUT2D eigenvalue weighted by atomic mass is 35.5. The van der Waals surface area contributed by atoms with Crippen molar-refractivity contribution in [1.82, 2.24) is 14.5 Å². The number of para-hydroxylation sites is 1. The summed E-state index contributed by atoms with van der Waals surface area (Å²) in [5.41, 5.74) is 3.87. The first kappa shape index (κ1) is 14.5. The van der Waals surface area contributed by atoms with Crippen LogP contribution >= 0.6 is 22.9 Å². The van der Waals surface area contributed by atoms with Gasteiger partial charge in [0.15, 0.2) is 9.84 Å². The van der Waals surface area contributed by atoms with E-state index < -0.39 is 9.84 Å². The molecule has 0 unspecified atom stereocenters. The lowest BCUT2D eigenvalue weighted by Gasteiger charge is -2.05. The van der Waals surface area contributed by atoms with Gasteiger partial charge in [0.05, 0.1) is 34.0 Å². The van der Waals surface area contributed by atoms with Gasteiger partial charge in [0, 0.05) is 11.6 Å². The van der Waals surface area contributed by atoms with Gasteiger partial charge in [-0.2, -0.15) is 0 Å². The lowest BCUT2D eigenvalue weighted by molar-refractivity contribution is 0.602. The van der Waals surface area contributed by atoms with E-state index in [1.165, 1.54) is 17.6 Å². The zero-order chi connectivity index (χ0) is 15.0. The molecule has 2 aromatic heterocycles. The number of hydrogen-bond acceptors (Lipinski definition) is 5. The van der Waals surface area contributed by atoms with Crippen LogP contribution in [0.2, 0.25) is 0 Å². The Morgan fingerprint density at radius 1 is 1.38 bits per heavy atom. The average molecular weight is 342 g/mol. The van der Waals surface area contributed by atoms with Crippen LogP contribution in [0.3, 0.4) is 0 Å². The largest absolute Gasteiger partial charge is 0.321 e. The molecular formula is C13H12ClN3O2S2. The molecule has 0 spiro atoms. The quantitative estimate of drug-likeness (QED) is 0.684. The monoisotopic (exact) mass is 341 g/mol. The summed E-state index contributed by atoms with van der Waals surface area (Å²) in [5.74, 6) is 0.845. The first-order chi connectivity index (χ1) is 10.0. The molecule has 3 aromatic rings. The van der Waals surface area contributed by atoms with Gasteiger partial charge in [0.25, 0.3) is 0 Å². The Balaban J connectivity index is 2.24. The minimum absolute atomic E-state index is 0.210. The molecule has 0 aliphatic rings. The molecule has 0 saturated carbocycles. The minimum Gasteiger partial charge on any atom is -0.321 e. The molecule has 2 heterocycles. The second kappa shape index (κ2) is 5.40. The number of sulfone groups is 1. The summed E-state index contributed by atoms with van der Waals surface area (Å²) < 4.78 is 25.7. The number of benzene rings is 1. The molecule has 5 nitrogen and oxygen atoms in total. The summed E-state index contributed by atoms with van der Waals surface area (Å²) in [5, 5.41) is 1.95. The summed E-state index contributed by atoms with van der Waals surface area (Å²) in [4.78, 5) is 8.88. The Morgan fingerprint density at radius 3 is 2.81 bits per heavy atom. The van der Waals surface area contributed by atoms with E-state index in [4.69, 9.17) is 11.6 Å². The van der Waals surface area contributed by atoms with Crippen LogP contribution in [-0.2, 0) is 22.3 Å². The Labute approximate surface area is 131 Å². The van der Waals surface area contributed by atoms with Crippen LogP contribution in [0.5, 0.6) is 0 Å². The molecule has 8 heteroatoms. The van der Waals surface area contributed by atoms with Crippen molar-refractivity contribution in [1.29, 1.82) is 0 Å². The van der Waals surface area contributed by atoms with Crippen molar-refractivity contribution in [2.24, 2.45) is 0 Å². The number of alkyl halides is 1. The fourth-order valence-corrected chi connectivity index (χ4v) is 3.81. The van der Waals surface area contributed by atoms with Crippen LogP contribution in [0.25, 0.3) is 11.0 Å². The number of rotatable bonds is 4. The van der Waals surface area contributed by atoms with Crippen molar-refractivity contribution in [3.8, 4) is 0 Å². The van der Waals surface area contributed by atoms with E-state index in [1.54, 1.807) is 17.6 Å². The van der Waals surface area contributed by atoms with Gasteiger partial charge in [-0.1, -0.05) is 6.07 Å². The SMILES string of the molecule is CS(=O)(=O)c1cccc2c1nc(CCl)n2Cc1cscn1. The van der Waals surface area contributed by atoms with Crippen molar-refractivity contribution < 1.29 is 8.42 Å². The van der Waals surface area contributed by atoms with Crippen LogP contribution in [0.4, 0.5) is 0 Å². The molecule has 0 amide bonds. The first-order valence-electron chi connectivity index (χ1n) is 6.12. The zero-order valence-corrected chi connectivity index (χ0v) is 13.5. The molecule has 3 rings (SSSR count). The molecule has 0 aliphatic carbocycles. The summed E-state index contributed by atoms with van der Waals surface area (Å²) >= 11 is 7.47. The highest BCUT2D eigenvalue weighted by Gasteiger charge is 2.18. The van der Waals surface area contributed by atoms with Gasteiger partial charge in [-0.3, -0.25) is 0 Å². The van der Waals surface area contributed by atoms with Gasteiger partial charge in [-0.25, -0.2) is 18.4 Å². The van der Waals surface area contributed by atoms with E-state index in [9.17, 15) is 8.42 Å². The smallest absolute Gasteiger partial charge is 0.177 e. The molecule has 21 heavy (non-hydrogen) atoms. The van der Waals surface area contributed by atoms with Crippen LogP contribution in [0.15, 0.2) is 34.0 Å². The summed E-state index contributed by atoms with van der Waals surface area (Å²) in [6, 6.07) is 5.13. The summed E-state index contributed by atoms with van der Waals surface area (Å²) in [6.45, 7) is 0.523. The van der Waals surface area contributed by atoms with Gasteiger partial charge in [-0.15, -0.1) is 22.9 Å². The Bertz CT molecular complexity index is 886. The van der Waals surface area contributed by atoms with Gasteiger partial charge in [0.1, 0.15) is 11.3 Å². The van der Waals surface area contributed by atoms with Gasteiger partial charge >= 0.3 is 0 Å². The van der Waals surface area contributed by atoms with E-state index >= 15 is 0 Å². The normalized spacial score (nSPS) is 12.1. The molecule has 0 aliphatic heterocycles. The number of nitrogens with zero attached hydrogens (tertiary/aromatic N) is 3. The van der Waals surface area contributed by atoms with E-state index in [-0.39, 0.29) is 10.8 Å². The lowest BCUT2D eigenvalue weighted by atomic mass is 10.3. The predicted octanol–water partition coefficient (Wildman–Crippen LogP) is 2.68. The first-order valence-corrected chi connectivity index (χ1v) is 9.49. The van der Waals surface area contributed by atoms with Crippen molar-refractivity contribution >= 4 is 43.8 Å². The van der Waals surface area contributed by atoms with Crippen LogP contribution in [0.1, 0.15) is 11.5 Å². The zero-order valence-electron chi connectivity index (χ0n) is 11.2. The Kier molecular flexibility index (Phi) is 3.73. The number of imidazole rings is 1. The van der Waals surface area contributed by atoms with Gasteiger partial charge in [0.2, 0.25) is 0 Å². The Morgan fingerprint density at radius 2 is 2.19 bits per heavy atom. The van der Waals surface area contributed by atoms with Crippen LogP contribution in [-0.4, -0.2) is 29.2 Å². The van der Waals surface area contributed by atoms with Crippen molar-refractivity contribution in [2.75, 3.05) is 6.26 Å². The predicted molar refractivity (Wildman–Crippen MR) is 83.6 cm³/mol. The molecule has 0 fully saturated rings. The van der Waals surface area contributed by atoms with Gasteiger partial charge < -0.3 is 4.57 Å². The third-order valence-electron chi connectivity index (χ3n) is 3.14. The molecular weight excluding hydrogens is 330 g/mol. The topological polar surface area (TPSA) is 64.8 Å². The second-order valence-corrected chi connectivity index (χ2v) is 7.59. The van der Waals surface area contributed by atoms with E-state index in [0.29, 0.717) is 17.9 Å². The lowest BCUT2D eigenvalue weighted by Crippen LogP contribution is -2.04. The molecule has 0 saturated heterocycles. The summed E-state index contributed by atoms with van der Waals surface area (Å²) in [7, 11) is -3.34. The number of thiazole rings is 1. The molecule has 0 bridgehead atoms. The maximum atomic E-state index is 11.9. The van der Waals surface area contributed by atoms with Crippen molar-refractivity contribution in [3.05, 3.63) is 40.6 Å². The second-order valence-electron chi connectivity index (χ2n) is 4.62. The average Bonchev–Trinajstić information content (AvgIpc) is 3.05. The molecule has 110 valence electrons. The molecule has 0 radical (unpaired) electrons. The fraction of sp³-hybridized carbons (Fsp3) is 0.231. The molecule has 0 N–H and O–H groups in total. The molecule has 1 aromatic carbocycles. The maximum absolute atomic E-state index is 11.9. The number of halogens is 1. The fourth-order valence-electron chi connectivity index (χ4n) is 2.22. The minimum atomic E-state index is -3.34. The third-order valence-corrected chi connectivity index (χ3v) is 5.15. The van der Waals surface area contributed by atoms with Crippen LogP contribution < -0.4 is 0 Å². The number of aromatic nitrogens is 3. The number of hydrogen-bond donors (Lipinski definition) is 0. The highest BCUT2D eigenvalue weighted by Crippen LogP contribution is 2.25. The number of fused-ring (bicyclic) bond motifs is 1. The highest BCUT2D eigenvalue weighted by molar-refractivity contribution is 7.91. The maximum Gasteiger partial charge on any atom is 0.177 e. The Hall–Kier alpha value is -1.44. The van der Waals surface area contributed by atoms with E-state index in [0.717, 1.165) is 11.2 Å². The van der Waals surface area contributed by atoms with E-state index in [1.807, 2.05) is 16.0 Å².